The third kappa shape index (κ3) is 3.20. The number of Topliss-reactive ketones (excluding diaryl/α,β-unsaturated/α-hetero) is 1. The maximum absolute atomic E-state index is 11.7. The van der Waals surface area contributed by atoms with Crippen LogP contribution in [0.15, 0.2) is 18.2 Å². The van der Waals surface area contributed by atoms with Crippen molar-refractivity contribution >= 4 is 35.0 Å². The Morgan fingerprint density at radius 1 is 1.41 bits per heavy atom. The highest BCUT2D eigenvalue weighted by Gasteiger charge is 2.24. The zero-order chi connectivity index (χ0) is 13.0. The number of ketones is 1. The smallest absolute Gasteiger partial charge is 0.338 e. The van der Waals surface area contributed by atoms with E-state index in [1.54, 1.807) is 19.1 Å². The minimum absolute atomic E-state index is 0.231. The molecule has 0 aliphatic rings. The molecular formula is C12H12Cl2O3. The lowest BCUT2D eigenvalue weighted by molar-refractivity contribution is -0.116. The molecule has 0 saturated heterocycles. The molecule has 0 radical (unpaired) electrons. The van der Waals surface area contributed by atoms with Gasteiger partial charge in [-0.25, -0.2) is 4.79 Å². The number of hydrogen-bond acceptors (Lipinski definition) is 3. The second kappa shape index (κ2) is 6.03. The highest BCUT2D eigenvalue weighted by molar-refractivity contribution is 6.36. The summed E-state index contributed by atoms with van der Waals surface area (Å²) >= 11 is 11.9. The topological polar surface area (TPSA) is 43.4 Å². The molecule has 0 N–H and O–H groups in total. The fourth-order valence-electron chi connectivity index (χ4n) is 1.38. The van der Waals surface area contributed by atoms with Crippen molar-refractivity contribution in [3.63, 3.8) is 0 Å². The van der Waals surface area contributed by atoms with E-state index in [1.165, 1.54) is 13.0 Å². The van der Waals surface area contributed by atoms with Gasteiger partial charge in [0.25, 0.3) is 0 Å². The number of carbonyl (C=O) groups is 2. The fraction of sp³-hybridized carbons (Fsp3) is 0.333. The van der Waals surface area contributed by atoms with Crippen LogP contribution in [0.2, 0.25) is 5.02 Å². The molecule has 0 aromatic heterocycles. The summed E-state index contributed by atoms with van der Waals surface area (Å²) in [7, 11) is 0. The van der Waals surface area contributed by atoms with Crippen LogP contribution in [-0.4, -0.2) is 18.4 Å². The van der Waals surface area contributed by atoms with Crippen molar-refractivity contribution in [1.29, 1.82) is 0 Å². The molecule has 0 spiro atoms. The first kappa shape index (κ1) is 14.0. The number of ether oxygens (including phenoxy) is 1. The van der Waals surface area contributed by atoms with Gasteiger partial charge in [0.15, 0.2) is 5.78 Å². The van der Waals surface area contributed by atoms with E-state index in [0.29, 0.717) is 5.56 Å². The second-order valence-electron chi connectivity index (χ2n) is 3.39. The molecule has 0 aliphatic carbocycles. The summed E-state index contributed by atoms with van der Waals surface area (Å²) in [5, 5.41) is -0.658. The molecule has 0 amide bonds. The van der Waals surface area contributed by atoms with Crippen LogP contribution in [-0.2, 0) is 9.53 Å². The SMILES string of the molecule is CCOC(=O)c1cccc(Cl)c1C(Cl)C(C)=O. The van der Waals surface area contributed by atoms with Gasteiger partial charge >= 0.3 is 5.97 Å². The number of hydrogen-bond donors (Lipinski definition) is 0. The van der Waals surface area contributed by atoms with Crippen LogP contribution in [0.1, 0.15) is 35.1 Å². The van der Waals surface area contributed by atoms with Gasteiger partial charge in [-0.15, -0.1) is 11.6 Å². The summed E-state index contributed by atoms with van der Waals surface area (Å²) in [6.07, 6.45) is 0. The van der Waals surface area contributed by atoms with Crippen molar-refractivity contribution < 1.29 is 14.3 Å². The Hall–Kier alpha value is -1.06. The van der Waals surface area contributed by atoms with Gasteiger partial charge in [-0.2, -0.15) is 0 Å². The minimum atomic E-state index is -0.942. The Bertz CT molecular complexity index is 443. The Morgan fingerprint density at radius 2 is 2.06 bits per heavy atom. The molecule has 1 unspecified atom stereocenters. The van der Waals surface area contributed by atoms with Crippen molar-refractivity contribution in [1.82, 2.24) is 0 Å². The van der Waals surface area contributed by atoms with Gasteiger partial charge in [-0.3, -0.25) is 4.79 Å². The molecule has 5 heteroatoms. The highest BCUT2D eigenvalue weighted by atomic mass is 35.5. The molecule has 17 heavy (non-hydrogen) atoms. The van der Waals surface area contributed by atoms with Crippen LogP contribution >= 0.6 is 23.2 Å². The highest BCUT2D eigenvalue weighted by Crippen LogP contribution is 2.32. The van der Waals surface area contributed by atoms with Gasteiger partial charge in [0.1, 0.15) is 5.38 Å². The molecule has 0 bridgehead atoms. The zero-order valence-electron chi connectivity index (χ0n) is 9.50. The Kier molecular flexibility index (Phi) is 4.97. The van der Waals surface area contributed by atoms with E-state index in [1.807, 2.05) is 0 Å². The predicted octanol–water partition coefficient (Wildman–Crippen LogP) is 3.39. The van der Waals surface area contributed by atoms with Crippen LogP contribution in [0.5, 0.6) is 0 Å². The number of halogens is 2. The summed E-state index contributed by atoms with van der Waals surface area (Å²) in [6.45, 7) is 3.29. The average molecular weight is 275 g/mol. The van der Waals surface area contributed by atoms with E-state index in [4.69, 9.17) is 27.9 Å². The van der Waals surface area contributed by atoms with E-state index in [9.17, 15) is 9.59 Å². The molecular weight excluding hydrogens is 263 g/mol. The van der Waals surface area contributed by atoms with Crippen LogP contribution in [0.3, 0.4) is 0 Å². The molecule has 0 fully saturated rings. The standard InChI is InChI=1S/C12H12Cl2O3/c1-3-17-12(16)8-5-4-6-9(13)10(8)11(14)7(2)15/h4-6,11H,3H2,1-2H3. The van der Waals surface area contributed by atoms with Gasteiger partial charge in [-0.05, 0) is 26.0 Å². The van der Waals surface area contributed by atoms with E-state index in [-0.39, 0.29) is 23.0 Å². The predicted molar refractivity (Wildman–Crippen MR) is 66.7 cm³/mol. The summed E-state index contributed by atoms with van der Waals surface area (Å²) in [5.41, 5.74) is 0.538. The van der Waals surface area contributed by atoms with Crippen LogP contribution in [0.25, 0.3) is 0 Å². The Morgan fingerprint density at radius 3 is 2.59 bits per heavy atom. The number of rotatable bonds is 4. The number of alkyl halides is 1. The van der Waals surface area contributed by atoms with Crippen LogP contribution < -0.4 is 0 Å². The first-order valence-corrected chi connectivity index (χ1v) is 5.90. The summed E-state index contributed by atoms with van der Waals surface area (Å²) in [4.78, 5) is 23.0. The Labute approximate surface area is 110 Å². The average Bonchev–Trinajstić information content (AvgIpc) is 2.28. The van der Waals surface area contributed by atoms with Crippen molar-refractivity contribution in [2.24, 2.45) is 0 Å². The van der Waals surface area contributed by atoms with Crippen LogP contribution in [0, 0.1) is 0 Å². The lowest BCUT2D eigenvalue weighted by atomic mass is 10.0. The van der Waals surface area contributed by atoms with E-state index in [0.717, 1.165) is 0 Å². The zero-order valence-corrected chi connectivity index (χ0v) is 11.0. The molecule has 1 aromatic rings. The Balaban J connectivity index is 3.26. The summed E-state index contributed by atoms with van der Waals surface area (Å²) < 4.78 is 4.89. The minimum Gasteiger partial charge on any atom is -0.462 e. The van der Waals surface area contributed by atoms with Gasteiger partial charge in [0.05, 0.1) is 12.2 Å². The van der Waals surface area contributed by atoms with Crippen LogP contribution in [0.4, 0.5) is 0 Å². The van der Waals surface area contributed by atoms with Crippen molar-refractivity contribution in [2.45, 2.75) is 19.2 Å². The number of carbonyl (C=O) groups excluding carboxylic acids is 2. The van der Waals surface area contributed by atoms with E-state index < -0.39 is 11.3 Å². The van der Waals surface area contributed by atoms with Gasteiger partial charge in [-0.1, -0.05) is 17.7 Å². The molecule has 0 aliphatic heterocycles. The second-order valence-corrected chi connectivity index (χ2v) is 4.24. The number of esters is 1. The van der Waals surface area contributed by atoms with Crippen molar-refractivity contribution in [2.75, 3.05) is 6.61 Å². The maximum Gasteiger partial charge on any atom is 0.338 e. The summed E-state index contributed by atoms with van der Waals surface area (Å²) in [6, 6.07) is 4.73. The lowest BCUT2D eigenvalue weighted by Crippen LogP contribution is -2.12. The third-order valence-electron chi connectivity index (χ3n) is 2.16. The molecule has 1 atom stereocenters. The molecule has 0 heterocycles. The lowest BCUT2D eigenvalue weighted by Gasteiger charge is -2.13. The monoisotopic (exact) mass is 274 g/mol. The van der Waals surface area contributed by atoms with Gasteiger partial charge < -0.3 is 4.74 Å². The quantitative estimate of drug-likeness (QED) is 0.625. The first-order chi connectivity index (χ1) is 7.99. The number of benzene rings is 1. The molecule has 92 valence electrons. The normalized spacial score (nSPS) is 12.0. The largest absolute Gasteiger partial charge is 0.462 e. The first-order valence-electron chi connectivity index (χ1n) is 5.09. The third-order valence-corrected chi connectivity index (χ3v) is 3.01. The van der Waals surface area contributed by atoms with E-state index in [2.05, 4.69) is 0 Å². The molecule has 0 saturated carbocycles. The molecule has 1 aromatic carbocycles. The fourth-order valence-corrected chi connectivity index (χ4v) is 1.96. The van der Waals surface area contributed by atoms with Crippen molar-refractivity contribution in [3.8, 4) is 0 Å². The van der Waals surface area contributed by atoms with Gasteiger partial charge in [0, 0.05) is 10.6 Å². The van der Waals surface area contributed by atoms with Gasteiger partial charge in [0.2, 0.25) is 0 Å². The molecule has 1 rings (SSSR count). The summed E-state index contributed by atoms with van der Waals surface area (Å²) in [5.74, 6) is -0.804. The van der Waals surface area contributed by atoms with E-state index >= 15 is 0 Å². The maximum atomic E-state index is 11.7. The molecule has 3 nitrogen and oxygen atoms in total. The van der Waals surface area contributed by atoms with Crippen molar-refractivity contribution in [3.05, 3.63) is 34.3 Å².